The molecule has 0 saturated carbocycles. The lowest BCUT2D eigenvalue weighted by atomic mass is 9.94. The maximum Gasteiger partial charge on any atom is 0.0798 e. The molecule has 1 aliphatic rings. The fourth-order valence-corrected chi connectivity index (χ4v) is 3.38. The third-order valence-corrected chi connectivity index (χ3v) is 4.47. The molecule has 1 aliphatic heterocycles. The summed E-state index contributed by atoms with van der Waals surface area (Å²) in [4.78, 5) is 8.12. The van der Waals surface area contributed by atoms with Gasteiger partial charge < -0.3 is 5.32 Å². The van der Waals surface area contributed by atoms with Gasteiger partial charge in [-0.2, -0.15) is 0 Å². The molecule has 3 nitrogen and oxygen atoms in total. The van der Waals surface area contributed by atoms with E-state index in [1.54, 1.807) is 11.3 Å². The maximum atomic E-state index is 4.30. The molecule has 17 heavy (non-hydrogen) atoms. The molecule has 2 rings (SSSR count). The van der Waals surface area contributed by atoms with Crippen LogP contribution < -0.4 is 5.32 Å². The molecular weight excluding hydrogens is 230 g/mol. The van der Waals surface area contributed by atoms with Gasteiger partial charge in [0.05, 0.1) is 11.2 Å². The first-order valence-corrected chi connectivity index (χ1v) is 7.34. The Morgan fingerprint density at radius 3 is 3.06 bits per heavy atom. The zero-order valence-electron chi connectivity index (χ0n) is 11.1. The maximum absolute atomic E-state index is 4.30. The second-order valence-electron chi connectivity index (χ2n) is 5.34. The Kier molecular flexibility index (Phi) is 4.54. The van der Waals surface area contributed by atoms with Gasteiger partial charge in [0.2, 0.25) is 0 Å². The van der Waals surface area contributed by atoms with Crippen LogP contribution in [0.1, 0.15) is 30.3 Å². The van der Waals surface area contributed by atoms with Crippen LogP contribution >= 0.6 is 11.3 Å². The number of aromatic nitrogens is 1. The topological polar surface area (TPSA) is 28.2 Å². The smallest absolute Gasteiger partial charge is 0.0798 e. The minimum atomic E-state index is 0.664. The summed E-state index contributed by atoms with van der Waals surface area (Å²) < 4.78 is 0. The Morgan fingerprint density at radius 2 is 2.41 bits per heavy atom. The third kappa shape index (κ3) is 3.76. The summed E-state index contributed by atoms with van der Waals surface area (Å²) in [7, 11) is 2.21. The van der Waals surface area contributed by atoms with Gasteiger partial charge in [0, 0.05) is 24.0 Å². The monoisotopic (exact) mass is 253 g/mol. The lowest BCUT2D eigenvalue weighted by Crippen LogP contribution is -2.44. The average molecular weight is 253 g/mol. The molecule has 2 heterocycles. The standard InChI is InChI=1S/C13H23N3S/c1-10-4-5-14-12(6-10)7-16(3)8-13-11(2)15-9-17-13/h9-10,12,14H,4-8H2,1-3H3. The van der Waals surface area contributed by atoms with Crippen LogP contribution in [-0.4, -0.2) is 36.1 Å². The van der Waals surface area contributed by atoms with Gasteiger partial charge >= 0.3 is 0 Å². The van der Waals surface area contributed by atoms with Gasteiger partial charge in [-0.15, -0.1) is 11.3 Å². The summed E-state index contributed by atoms with van der Waals surface area (Å²) in [5, 5.41) is 3.62. The van der Waals surface area contributed by atoms with Crippen LogP contribution in [0.5, 0.6) is 0 Å². The molecule has 0 aromatic carbocycles. The second kappa shape index (κ2) is 5.94. The highest BCUT2D eigenvalue weighted by Gasteiger charge is 2.19. The van der Waals surface area contributed by atoms with Crippen molar-refractivity contribution in [3.05, 3.63) is 16.1 Å². The van der Waals surface area contributed by atoms with Gasteiger partial charge in [0.25, 0.3) is 0 Å². The molecular formula is C13H23N3S. The van der Waals surface area contributed by atoms with Gasteiger partial charge in [0.1, 0.15) is 0 Å². The predicted octanol–water partition coefficient (Wildman–Crippen LogP) is 2.27. The molecule has 0 aliphatic carbocycles. The first-order valence-electron chi connectivity index (χ1n) is 6.46. The molecule has 4 heteroatoms. The number of likely N-dealkylation sites (N-methyl/N-ethyl adjacent to an activating group) is 1. The zero-order chi connectivity index (χ0) is 12.3. The van der Waals surface area contributed by atoms with Gasteiger partial charge in [-0.25, -0.2) is 4.98 Å². The number of nitrogens with zero attached hydrogens (tertiary/aromatic N) is 2. The van der Waals surface area contributed by atoms with Crippen LogP contribution in [0.4, 0.5) is 0 Å². The van der Waals surface area contributed by atoms with E-state index in [1.165, 1.54) is 30.0 Å². The largest absolute Gasteiger partial charge is 0.313 e. The van der Waals surface area contributed by atoms with E-state index in [0.717, 1.165) is 19.0 Å². The van der Waals surface area contributed by atoms with Crippen molar-refractivity contribution in [3.63, 3.8) is 0 Å². The summed E-state index contributed by atoms with van der Waals surface area (Å²) in [5.74, 6) is 0.875. The molecule has 0 amide bonds. The molecule has 1 N–H and O–H groups in total. The highest BCUT2D eigenvalue weighted by atomic mass is 32.1. The molecule has 96 valence electrons. The summed E-state index contributed by atoms with van der Waals surface area (Å²) >= 11 is 1.77. The quantitative estimate of drug-likeness (QED) is 0.892. The molecule has 2 atom stereocenters. The predicted molar refractivity (Wildman–Crippen MR) is 73.4 cm³/mol. The van der Waals surface area contributed by atoms with E-state index < -0.39 is 0 Å². The zero-order valence-corrected chi connectivity index (χ0v) is 11.9. The molecule has 0 bridgehead atoms. The van der Waals surface area contributed by atoms with E-state index in [0.29, 0.717) is 6.04 Å². The van der Waals surface area contributed by atoms with Gasteiger partial charge in [-0.1, -0.05) is 6.92 Å². The van der Waals surface area contributed by atoms with Crippen molar-refractivity contribution in [2.24, 2.45) is 5.92 Å². The number of aryl methyl sites for hydroxylation is 1. The lowest BCUT2D eigenvalue weighted by molar-refractivity contribution is 0.231. The van der Waals surface area contributed by atoms with Crippen molar-refractivity contribution in [3.8, 4) is 0 Å². The van der Waals surface area contributed by atoms with Gasteiger partial charge in [-0.05, 0) is 39.3 Å². The molecule has 1 fully saturated rings. The van der Waals surface area contributed by atoms with E-state index in [4.69, 9.17) is 0 Å². The van der Waals surface area contributed by atoms with Crippen LogP contribution in [0, 0.1) is 12.8 Å². The highest BCUT2D eigenvalue weighted by molar-refractivity contribution is 7.09. The number of hydrogen-bond acceptors (Lipinski definition) is 4. The average Bonchev–Trinajstić information content (AvgIpc) is 2.64. The molecule has 0 radical (unpaired) electrons. The number of nitrogens with one attached hydrogen (secondary N) is 1. The van der Waals surface area contributed by atoms with E-state index >= 15 is 0 Å². The Balaban J connectivity index is 1.80. The number of thiazole rings is 1. The van der Waals surface area contributed by atoms with E-state index in [9.17, 15) is 0 Å². The fourth-order valence-electron chi connectivity index (χ4n) is 2.52. The minimum absolute atomic E-state index is 0.664. The summed E-state index contributed by atoms with van der Waals surface area (Å²) in [5.41, 5.74) is 3.13. The van der Waals surface area contributed by atoms with Gasteiger partial charge in [0.15, 0.2) is 0 Å². The summed E-state index contributed by atoms with van der Waals surface area (Å²) in [6, 6.07) is 0.664. The Bertz CT molecular complexity index is 350. The Morgan fingerprint density at radius 1 is 1.59 bits per heavy atom. The molecule has 1 aromatic rings. The van der Waals surface area contributed by atoms with Crippen LogP contribution in [0.2, 0.25) is 0 Å². The molecule has 1 aromatic heterocycles. The van der Waals surface area contributed by atoms with Gasteiger partial charge in [-0.3, -0.25) is 4.90 Å². The lowest BCUT2D eigenvalue weighted by Gasteiger charge is -2.31. The first-order chi connectivity index (χ1) is 8.15. The summed E-state index contributed by atoms with van der Waals surface area (Å²) in [6.07, 6.45) is 2.64. The van der Waals surface area contributed by atoms with Crippen molar-refractivity contribution < 1.29 is 0 Å². The summed E-state index contributed by atoms with van der Waals surface area (Å²) in [6.45, 7) is 7.81. The number of hydrogen-bond donors (Lipinski definition) is 1. The Labute approximate surface area is 108 Å². The second-order valence-corrected chi connectivity index (χ2v) is 6.28. The highest BCUT2D eigenvalue weighted by Crippen LogP contribution is 2.18. The van der Waals surface area contributed by atoms with Crippen LogP contribution in [-0.2, 0) is 6.54 Å². The molecule has 2 unspecified atom stereocenters. The van der Waals surface area contributed by atoms with E-state index in [2.05, 4.69) is 36.1 Å². The molecule has 1 saturated heterocycles. The van der Waals surface area contributed by atoms with Crippen LogP contribution in [0.15, 0.2) is 5.51 Å². The van der Waals surface area contributed by atoms with Crippen molar-refractivity contribution in [2.45, 2.75) is 39.3 Å². The van der Waals surface area contributed by atoms with Crippen molar-refractivity contribution in [1.82, 2.24) is 15.2 Å². The first kappa shape index (κ1) is 13.0. The van der Waals surface area contributed by atoms with Crippen LogP contribution in [0.25, 0.3) is 0 Å². The van der Waals surface area contributed by atoms with E-state index in [1.807, 2.05) is 5.51 Å². The molecule has 0 spiro atoms. The van der Waals surface area contributed by atoms with Crippen molar-refractivity contribution in [1.29, 1.82) is 0 Å². The van der Waals surface area contributed by atoms with Crippen molar-refractivity contribution in [2.75, 3.05) is 20.1 Å². The fraction of sp³-hybridized carbons (Fsp3) is 0.769. The minimum Gasteiger partial charge on any atom is -0.313 e. The third-order valence-electron chi connectivity index (χ3n) is 3.55. The Hall–Kier alpha value is -0.450. The number of piperidine rings is 1. The van der Waals surface area contributed by atoms with E-state index in [-0.39, 0.29) is 0 Å². The SMILES string of the molecule is Cc1ncsc1CN(C)CC1CC(C)CCN1. The van der Waals surface area contributed by atoms with Crippen molar-refractivity contribution >= 4 is 11.3 Å². The normalized spacial score (nSPS) is 25.4. The van der Waals surface area contributed by atoms with Crippen LogP contribution in [0.3, 0.4) is 0 Å². The number of rotatable bonds is 4.